The molecule has 0 radical (unpaired) electrons. The summed E-state index contributed by atoms with van der Waals surface area (Å²) in [5.41, 5.74) is 1.18. The predicted molar refractivity (Wildman–Crippen MR) is 95.3 cm³/mol. The first kappa shape index (κ1) is 17.7. The molecule has 25 heavy (non-hydrogen) atoms. The third-order valence-electron chi connectivity index (χ3n) is 4.92. The van der Waals surface area contributed by atoms with Crippen molar-refractivity contribution in [3.8, 4) is 11.5 Å². The number of piperidine rings is 1. The molecule has 7 nitrogen and oxygen atoms in total. The highest BCUT2D eigenvalue weighted by Gasteiger charge is 2.29. The number of carbonyl (C=O) groups excluding carboxylic acids is 1. The first-order valence-corrected chi connectivity index (χ1v) is 8.95. The number of likely N-dealkylation sites (tertiary alicyclic amines) is 1. The van der Waals surface area contributed by atoms with Crippen molar-refractivity contribution < 1.29 is 9.21 Å². The Morgan fingerprint density at radius 3 is 2.72 bits per heavy atom. The summed E-state index contributed by atoms with van der Waals surface area (Å²) in [6, 6.07) is 0.263. The maximum absolute atomic E-state index is 12.9. The number of nitrogens with zero attached hydrogens (tertiary/aromatic N) is 5. The molecule has 1 saturated heterocycles. The average Bonchev–Trinajstić information content (AvgIpc) is 3.20. The first-order valence-electron chi connectivity index (χ1n) is 8.95. The molecule has 0 aliphatic carbocycles. The van der Waals surface area contributed by atoms with Crippen LogP contribution >= 0.6 is 0 Å². The number of aromatic nitrogens is 3. The summed E-state index contributed by atoms with van der Waals surface area (Å²) < 4.78 is 7.39. The van der Waals surface area contributed by atoms with Crippen molar-refractivity contribution in [2.75, 3.05) is 26.7 Å². The molecule has 0 N–H and O–H groups in total. The lowest BCUT2D eigenvalue weighted by Gasteiger charge is -2.36. The van der Waals surface area contributed by atoms with Crippen LogP contribution in [0, 0.1) is 6.92 Å². The minimum absolute atomic E-state index is 0.0645. The van der Waals surface area contributed by atoms with Crippen LogP contribution in [-0.2, 0) is 7.05 Å². The summed E-state index contributed by atoms with van der Waals surface area (Å²) in [6.45, 7) is 7.23. The summed E-state index contributed by atoms with van der Waals surface area (Å²) in [4.78, 5) is 21.6. The van der Waals surface area contributed by atoms with Crippen molar-refractivity contribution in [3.63, 3.8) is 0 Å². The van der Waals surface area contributed by atoms with E-state index in [0.717, 1.165) is 38.0 Å². The molecule has 3 rings (SSSR count). The normalized spacial score (nSPS) is 16.3. The second-order valence-corrected chi connectivity index (χ2v) is 6.82. The molecule has 1 amide bonds. The van der Waals surface area contributed by atoms with E-state index in [-0.39, 0.29) is 11.9 Å². The van der Waals surface area contributed by atoms with Crippen LogP contribution in [0.3, 0.4) is 0 Å². The van der Waals surface area contributed by atoms with Gasteiger partial charge in [0.05, 0.1) is 11.8 Å². The Morgan fingerprint density at radius 1 is 1.40 bits per heavy atom. The van der Waals surface area contributed by atoms with E-state index in [4.69, 9.17) is 4.42 Å². The van der Waals surface area contributed by atoms with E-state index in [0.29, 0.717) is 17.3 Å². The van der Waals surface area contributed by atoms with E-state index in [1.807, 2.05) is 25.2 Å². The average molecular weight is 345 g/mol. The third-order valence-corrected chi connectivity index (χ3v) is 4.92. The molecular formula is C18H27N5O2. The number of oxazole rings is 1. The first-order chi connectivity index (χ1) is 12.0. The van der Waals surface area contributed by atoms with Crippen LogP contribution in [0.1, 0.15) is 42.4 Å². The van der Waals surface area contributed by atoms with Crippen molar-refractivity contribution in [1.82, 2.24) is 24.6 Å². The van der Waals surface area contributed by atoms with Gasteiger partial charge in [0.2, 0.25) is 5.89 Å². The minimum Gasteiger partial charge on any atom is -0.440 e. The van der Waals surface area contributed by atoms with Crippen LogP contribution in [0.5, 0.6) is 0 Å². The largest absolute Gasteiger partial charge is 0.440 e. The van der Waals surface area contributed by atoms with Gasteiger partial charge in [0.15, 0.2) is 5.69 Å². The molecule has 0 unspecified atom stereocenters. The topological polar surface area (TPSA) is 67.4 Å². The van der Waals surface area contributed by atoms with E-state index in [2.05, 4.69) is 21.9 Å². The Kier molecular flexibility index (Phi) is 5.22. The molecule has 2 aromatic rings. The maximum Gasteiger partial charge on any atom is 0.276 e. The van der Waals surface area contributed by atoms with Crippen molar-refractivity contribution in [2.45, 2.75) is 39.2 Å². The smallest absolute Gasteiger partial charge is 0.276 e. The maximum atomic E-state index is 12.9. The Morgan fingerprint density at radius 2 is 2.12 bits per heavy atom. The quantitative estimate of drug-likeness (QED) is 0.832. The van der Waals surface area contributed by atoms with E-state index in [1.165, 1.54) is 6.42 Å². The van der Waals surface area contributed by atoms with Gasteiger partial charge < -0.3 is 14.2 Å². The molecule has 1 fully saturated rings. The van der Waals surface area contributed by atoms with Crippen LogP contribution in [0.2, 0.25) is 0 Å². The molecule has 3 heterocycles. The highest BCUT2D eigenvalue weighted by atomic mass is 16.4. The second kappa shape index (κ2) is 7.39. The van der Waals surface area contributed by atoms with Gasteiger partial charge in [-0.25, -0.2) is 4.98 Å². The minimum atomic E-state index is -0.0645. The molecule has 0 aromatic carbocycles. The van der Waals surface area contributed by atoms with Crippen LogP contribution in [-0.4, -0.2) is 63.2 Å². The molecule has 1 aliphatic rings. The highest BCUT2D eigenvalue weighted by Crippen LogP contribution is 2.23. The lowest BCUT2D eigenvalue weighted by Crippen LogP contribution is -2.45. The fraction of sp³-hybridized carbons (Fsp3) is 0.611. The predicted octanol–water partition coefficient (Wildman–Crippen LogP) is 2.33. The van der Waals surface area contributed by atoms with Gasteiger partial charge in [-0.3, -0.25) is 9.48 Å². The molecule has 0 atom stereocenters. The van der Waals surface area contributed by atoms with Crippen LogP contribution in [0.25, 0.3) is 11.5 Å². The molecule has 1 aliphatic heterocycles. The third kappa shape index (κ3) is 3.76. The van der Waals surface area contributed by atoms with E-state index < -0.39 is 0 Å². The van der Waals surface area contributed by atoms with Crippen molar-refractivity contribution in [2.24, 2.45) is 7.05 Å². The van der Waals surface area contributed by atoms with Gasteiger partial charge in [0, 0.05) is 39.4 Å². The summed E-state index contributed by atoms with van der Waals surface area (Å²) in [5.74, 6) is 0.935. The lowest BCUT2D eigenvalue weighted by atomic mass is 10.0. The highest BCUT2D eigenvalue weighted by molar-refractivity contribution is 5.93. The van der Waals surface area contributed by atoms with Crippen LogP contribution < -0.4 is 0 Å². The molecule has 0 bridgehead atoms. The second-order valence-electron chi connectivity index (χ2n) is 6.82. The van der Waals surface area contributed by atoms with E-state index in [1.54, 1.807) is 17.8 Å². The van der Waals surface area contributed by atoms with E-state index in [9.17, 15) is 4.79 Å². The zero-order valence-electron chi connectivity index (χ0n) is 15.5. The molecule has 0 saturated carbocycles. The van der Waals surface area contributed by atoms with Gasteiger partial charge >= 0.3 is 0 Å². The number of carbonyl (C=O) groups is 1. The Labute approximate surface area is 148 Å². The van der Waals surface area contributed by atoms with Gasteiger partial charge in [-0.15, -0.1) is 0 Å². The molecule has 136 valence electrons. The lowest BCUT2D eigenvalue weighted by molar-refractivity contribution is 0.0636. The molecule has 7 heteroatoms. The van der Waals surface area contributed by atoms with Gasteiger partial charge in [-0.05, 0) is 32.7 Å². The fourth-order valence-corrected chi connectivity index (χ4v) is 3.43. The van der Waals surface area contributed by atoms with Gasteiger partial charge in [0.1, 0.15) is 5.76 Å². The van der Waals surface area contributed by atoms with Crippen molar-refractivity contribution in [1.29, 1.82) is 0 Å². The monoisotopic (exact) mass is 345 g/mol. The zero-order chi connectivity index (χ0) is 18.0. The van der Waals surface area contributed by atoms with Crippen molar-refractivity contribution in [3.05, 3.63) is 23.8 Å². The molecular weight excluding hydrogens is 318 g/mol. The molecule has 0 spiro atoms. The Bertz CT molecular complexity index is 728. The Hall–Kier alpha value is -2.15. The van der Waals surface area contributed by atoms with Gasteiger partial charge in [-0.2, -0.15) is 5.10 Å². The zero-order valence-corrected chi connectivity index (χ0v) is 15.5. The summed E-state index contributed by atoms with van der Waals surface area (Å²) >= 11 is 0. The van der Waals surface area contributed by atoms with Crippen LogP contribution in [0.15, 0.2) is 16.8 Å². The van der Waals surface area contributed by atoms with Crippen molar-refractivity contribution >= 4 is 5.91 Å². The van der Waals surface area contributed by atoms with Gasteiger partial charge in [0.25, 0.3) is 5.91 Å². The Balaban J connectivity index is 1.69. The standard InChI is InChI=1S/C18H27N5O2/c1-5-8-23-9-6-15(7-10-23)22(4)18(24)16-13(2)25-17(20-16)14-11-19-21(3)12-14/h11-12,15H,5-10H2,1-4H3. The summed E-state index contributed by atoms with van der Waals surface area (Å²) in [7, 11) is 3.71. The molecule has 2 aromatic heterocycles. The fourth-order valence-electron chi connectivity index (χ4n) is 3.43. The number of hydrogen-bond donors (Lipinski definition) is 0. The number of rotatable bonds is 5. The summed E-state index contributed by atoms with van der Waals surface area (Å²) in [5, 5.41) is 4.12. The number of aryl methyl sites for hydroxylation is 2. The van der Waals surface area contributed by atoms with Gasteiger partial charge in [-0.1, -0.05) is 6.92 Å². The SMILES string of the molecule is CCCN1CCC(N(C)C(=O)c2nc(-c3cnn(C)c3)oc2C)CC1. The van der Waals surface area contributed by atoms with E-state index >= 15 is 0 Å². The van der Waals surface area contributed by atoms with Crippen LogP contribution in [0.4, 0.5) is 0 Å². The number of hydrogen-bond acceptors (Lipinski definition) is 5. The summed E-state index contributed by atoms with van der Waals surface area (Å²) in [6.07, 6.45) is 6.71. The number of amides is 1.